The topological polar surface area (TPSA) is 78.6 Å². The van der Waals surface area contributed by atoms with E-state index < -0.39 is 15.8 Å². The molecule has 0 aliphatic heterocycles. The molecule has 5 nitrogen and oxygen atoms in total. The van der Waals surface area contributed by atoms with E-state index in [1.165, 1.54) is 12.1 Å². The minimum Gasteiger partial charge on any atom is -0.488 e. The maximum absolute atomic E-state index is 13.6. The standard InChI is InChI=1S/C12H18FNO4S/c1-12(2,3)18-7-6-17-11-5-4-9(8-10(11)13)19(14,15)16/h4-5,8H,6-7H2,1-3H3,(H2,14,15,16). The summed E-state index contributed by atoms with van der Waals surface area (Å²) >= 11 is 0. The zero-order valence-electron chi connectivity index (χ0n) is 11.1. The maximum Gasteiger partial charge on any atom is 0.238 e. The highest BCUT2D eigenvalue weighted by Crippen LogP contribution is 2.20. The smallest absolute Gasteiger partial charge is 0.238 e. The van der Waals surface area contributed by atoms with Crippen LogP contribution in [0.2, 0.25) is 0 Å². The molecule has 0 aliphatic rings. The van der Waals surface area contributed by atoms with Gasteiger partial charge in [0, 0.05) is 0 Å². The molecule has 0 atom stereocenters. The predicted molar refractivity (Wildman–Crippen MR) is 69.0 cm³/mol. The monoisotopic (exact) mass is 291 g/mol. The quantitative estimate of drug-likeness (QED) is 0.837. The lowest BCUT2D eigenvalue weighted by Crippen LogP contribution is -2.22. The van der Waals surface area contributed by atoms with Crippen LogP contribution in [0.1, 0.15) is 20.8 Å². The zero-order valence-corrected chi connectivity index (χ0v) is 12.0. The fraction of sp³-hybridized carbons (Fsp3) is 0.500. The summed E-state index contributed by atoms with van der Waals surface area (Å²) in [5.74, 6) is -0.813. The van der Waals surface area contributed by atoms with Gasteiger partial charge in [0.05, 0.1) is 17.1 Å². The van der Waals surface area contributed by atoms with E-state index in [1.54, 1.807) is 0 Å². The summed E-state index contributed by atoms with van der Waals surface area (Å²) in [6, 6.07) is 3.25. The van der Waals surface area contributed by atoms with E-state index in [0.29, 0.717) is 6.61 Å². The van der Waals surface area contributed by atoms with Crippen LogP contribution in [-0.4, -0.2) is 27.2 Å². The molecule has 1 aromatic rings. The Morgan fingerprint density at radius 2 is 1.89 bits per heavy atom. The molecule has 0 saturated heterocycles. The van der Waals surface area contributed by atoms with Crippen LogP contribution in [0.15, 0.2) is 23.1 Å². The van der Waals surface area contributed by atoms with Crippen LogP contribution in [0.4, 0.5) is 4.39 Å². The van der Waals surface area contributed by atoms with Gasteiger partial charge in [0.15, 0.2) is 11.6 Å². The van der Waals surface area contributed by atoms with Gasteiger partial charge in [-0.3, -0.25) is 0 Å². The van der Waals surface area contributed by atoms with Crippen molar-refractivity contribution in [1.29, 1.82) is 0 Å². The number of hydrogen-bond donors (Lipinski definition) is 1. The second kappa shape index (κ2) is 5.85. The summed E-state index contributed by atoms with van der Waals surface area (Å²) in [5.41, 5.74) is -0.292. The SMILES string of the molecule is CC(C)(C)OCCOc1ccc(S(N)(=O)=O)cc1F. The van der Waals surface area contributed by atoms with Crippen molar-refractivity contribution in [2.75, 3.05) is 13.2 Å². The Kier molecular flexibility index (Phi) is 4.89. The number of primary sulfonamides is 1. The van der Waals surface area contributed by atoms with Crippen LogP contribution in [0.25, 0.3) is 0 Å². The van der Waals surface area contributed by atoms with E-state index in [2.05, 4.69) is 0 Å². The van der Waals surface area contributed by atoms with Crippen molar-refractivity contribution in [2.45, 2.75) is 31.3 Å². The van der Waals surface area contributed by atoms with Gasteiger partial charge in [0.2, 0.25) is 10.0 Å². The van der Waals surface area contributed by atoms with Crippen molar-refractivity contribution in [3.63, 3.8) is 0 Å². The van der Waals surface area contributed by atoms with E-state index in [-0.39, 0.29) is 22.9 Å². The average molecular weight is 291 g/mol. The normalized spacial score (nSPS) is 12.5. The van der Waals surface area contributed by atoms with Crippen LogP contribution < -0.4 is 9.88 Å². The molecule has 0 radical (unpaired) electrons. The minimum absolute atomic E-state index is 0.0371. The van der Waals surface area contributed by atoms with Gasteiger partial charge < -0.3 is 9.47 Å². The Labute approximate surface area is 112 Å². The Bertz CT molecular complexity index is 537. The van der Waals surface area contributed by atoms with Gasteiger partial charge in [0.1, 0.15) is 6.61 Å². The summed E-state index contributed by atoms with van der Waals surface area (Å²) in [6.07, 6.45) is 0. The van der Waals surface area contributed by atoms with Crippen molar-refractivity contribution in [1.82, 2.24) is 0 Å². The molecule has 0 heterocycles. The lowest BCUT2D eigenvalue weighted by atomic mass is 10.2. The van der Waals surface area contributed by atoms with E-state index in [9.17, 15) is 12.8 Å². The average Bonchev–Trinajstić information content (AvgIpc) is 2.23. The molecule has 0 amide bonds. The predicted octanol–water partition coefficient (Wildman–Crippen LogP) is 1.67. The van der Waals surface area contributed by atoms with Crippen LogP contribution in [0, 0.1) is 5.82 Å². The Hall–Kier alpha value is -1.18. The Balaban J connectivity index is 2.61. The van der Waals surface area contributed by atoms with Crippen LogP contribution >= 0.6 is 0 Å². The fourth-order valence-electron chi connectivity index (χ4n) is 1.28. The zero-order chi connectivity index (χ0) is 14.7. The highest BCUT2D eigenvalue weighted by molar-refractivity contribution is 7.89. The van der Waals surface area contributed by atoms with Gasteiger partial charge in [-0.1, -0.05) is 0 Å². The van der Waals surface area contributed by atoms with Gasteiger partial charge in [-0.25, -0.2) is 17.9 Å². The first-order valence-corrected chi connectivity index (χ1v) is 7.23. The van der Waals surface area contributed by atoms with E-state index >= 15 is 0 Å². The lowest BCUT2D eigenvalue weighted by Gasteiger charge is -2.19. The molecule has 2 N–H and O–H groups in total. The molecule has 0 aromatic heterocycles. The molecule has 19 heavy (non-hydrogen) atoms. The summed E-state index contributed by atoms with van der Waals surface area (Å²) in [7, 11) is -3.91. The Morgan fingerprint density at radius 3 is 2.37 bits per heavy atom. The van der Waals surface area contributed by atoms with E-state index in [4.69, 9.17) is 14.6 Å². The third kappa shape index (κ3) is 5.54. The maximum atomic E-state index is 13.6. The summed E-state index contributed by atoms with van der Waals surface area (Å²) < 4.78 is 46.2. The molecule has 0 saturated carbocycles. The number of nitrogens with two attached hydrogens (primary N) is 1. The van der Waals surface area contributed by atoms with Crippen LogP contribution in [0.3, 0.4) is 0 Å². The van der Waals surface area contributed by atoms with Gasteiger partial charge in [-0.2, -0.15) is 0 Å². The third-order valence-electron chi connectivity index (χ3n) is 2.11. The largest absolute Gasteiger partial charge is 0.488 e. The van der Waals surface area contributed by atoms with Gasteiger partial charge in [0.25, 0.3) is 0 Å². The molecule has 0 unspecified atom stereocenters. The van der Waals surface area contributed by atoms with Crippen molar-refractivity contribution in [2.24, 2.45) is 5.14 Å². The molecule has 0 bridgehead atoms. The van der Waals surface area contributed by atoms with Gasteiger partial charge in [-0.15, -0.1) is 0 Å². The number of hydrogen-bond acceptors (Lipinski definition) is 4. The summed E-state index contributed by atoms with van der Waals surface area (Å²) in [6.45, 7) is 6.17. The molecule has 0 aliphatic carbocycles. The second-order valence-corrected chi connectivity index (χ2v) is 6.51. The number of rotatable bonds is 5. The first kappa shape index (κ1) is 15.9. The van der Waals surface area contributed by atoms with E-state index in [1.807, 2.05) is 20.8 Å². The highest BCUT2D eigenvalue weighted by Gasteiger charge is 2.13. The fourth-order valence-corrected chi connectivity index (χ4v) is 1.80. The van der Waals surface area contributed by atoms with Crippen molar-refractivity contribution in [3.8, 4) is 5.75 Å². The van der Waals surface area contributed by atoms with E-state index in [0.717, 1.165) is 6.07 Å². The van der Waals surface area contributed by atoms with Crippen LogP contribution in [-0.2, 0) is 14.8 Å². The number of sulfonamides is 1. The summed E-state index contributed by atoms with van der Waals surface area (Å²) in [4.78, 5) is -0.289. The van der Waals surface area contributed by atoms with Gasteiger partial charge >= 0.3 is 0 Å². The highest BCUT2D eigenvalue weighted by atomic mass is 32.2. The molecule has 1 rings (SSSR count). The molecular weight excluding hydrogens is 273 g/mol. The van der Waals surface area contributed by atoms with Crippen LogP contribution in [0.5, 0.6) is 5.75 Å². The number of benzene rings is 1. The molecule has 1 aromatic carbocycles. The Morgan fingerprint density at radius 1 is 1.26 bits per heavy atom. The van der Waals surface area contributed by atoms with Crippen molar-refractivity contribution >= 4 is 10.0 Å². The molecule has 0 fully saturated rings. The lowest BCUT2D eigenvalue weighted by molar-refractivity contribution is -0.0166. The minimum atomic E-state index is -3.91. The first-order chi connectivity index (χ1) is 8.59. The molecular formula is C12H18FNO4S. The second-order valence-electron chi connectivity index (χ2n) is 4.95. The third-order valence-corrected chi connectivity index (χ3v) is 3.02. The van der Waals surface area contributed by atoms with Gasteiger partial charge in [-0.05, 0) is 39.0 Å². The first-order valence-electron chi connectivity index (χ1n) is 5.69. The molecule has 108 valence electrons. The molecule has 0 spiro atoms. The number of ether oxygens (including phenoxy) is 2. The molecule has 7 heteroatoms. The number of halogens is 1. The van der Waals surface area contributed by atoms with Crippen molar-refractivity contribution < 1.29 is 22.3 Å². The van der Waals surface area contributed by atoms with Crippen molar-refractivity contribution in [3.05, 3.63) is 24.0 Å². The summed E-state index contributed by atoms with van der Waals surface area (Å²) in [5, 5.41) is 4.89.